The second-order valence-corrected chi connectivity index (χ2v) is 8.65. The third-order valence-electron chi connectivity index (χ3n) is 6.45. The van der Waals surface area contributed by atoms with Gasteiger partial charge in [-0.3, -0.25) is 9.97 Å². The van der Waals surface area contributed by atoms with Gasteiger partial charge in [-0.2, -0.15) is 5.10 Å². The number of nitrogens with zero attached hydrogens (tertiary/aromatic N) is 7. The van der Waals surface area contributed by atoms with E-state index in [1.807, 2.05) is 36.1 Å². The zero-order valence-corrected chi connectivity index (χ0v) is 17.0. The molecule has 0 amide bonds. The van der Waals surface area contributed by atoms with E-state index >= 15 is 0 Å². The fraction of sp³-hybridized carbons (Fsp3) is 0.348. The molecule has 0 atom stereocenters. The molecule has 1 spiro atoms. The lowest BCUT2D eigenvalue weighted by Crippen LogP contribution is -2.55. The largest absolute Gasteiger partial charge is 0.355 e. The summed E-state index contributed by atoms with van der Waals surface area (Å²) < 4.78 is 1.89. The molecule has 1 saturated heterocycles. The number of hydrogen-bond donors (Lipinski definition) is 0. The maximum Gasteiger partial charge on any atom is 0.156 e. The van der Waals surface area contributed by atoms with Crippen molar-refractivity contribution in [3.8, 4) is 17.2 Å². The predicted molar refractivity (Wildman–Crippen MR) is 116 cm³/mol. The summed E-state index contributed by atoms with van der Waals surface area (Å²) in [6.07, 6.45) is 12.6. The lowest BCUT2D eigenvalue weighted by atomic mass is 9.78. The molecule has 30 heavy (non-hydrogen) atoms. The summed E-state index contributed by atoms with van der Waals surface area (Å²) in [6, 6.07) is 8.19. The van der Waals surface area contributed by atoms with Crippen LogP contribution in [0.1, 0.15) is 31.4 Å². The SMILES string of the molecule is Cc1cncc(-c2cc3c(cn2)cnn3-c2cccc(N3CC4(CCCC4)C3)n2)n1. The van der Waals surface area contributed by atoms with Gasteiger partial charge in [-0.05, 0) is 38.0 Å². The minimum absolute atomic E-state index is 0.547. The molecule has 4 aromatic heterocycles. The van der Waals surface area contributed by atoms with Gasteiger partial charge in [0.15, 0.2) is 5.82 Å². The predicted octanol–water partition coefficient (Wildman–Crippen LogP) is 3.96. The molecular formula is C23H23N7. The average Bonchev–Trinajstić information content (AvgIpc) is 3.40. The summed E-state index contributed by atoms with van der Waals surface area (Å²) in [5, 5.41) is 5.57. The number of pyridine rings is 2. The Morgan fingerprint density at radius 3 is 2.57 bits per heavy atom. The van der Waals surface area contributed by atoms with Gasteiger partial charge in [0.1, 0.15) is 11.5 Å². The molecular weight excluding hydrogens is 374 g/mol. The Bertz CT molecular complexity index is 1230. The van der Waals surface area contributed by atoms with Crippen LogP contribution in [0.3, 0.4) is 0 Å². The molecule has 4 aromatic rings. The number of fused-ring (bicyclic) bond motifs is 1. The van der Waals surface area contributed by atoms with E-state index in [-0.39, 0.29) is 0 Å². The van der Waals surface area contributed by atoms with Crippen LogP contribution in [0.15, 0.2) is 49.1 Å². The van der Waals surface area contributed by atoms with Gasteiger partial charge in [0.25, 0.3) is 0 Å². The van der Waals surface area contributed by atoms with Crippen molar-refractivity contribution in [3.05, 3.63) is 54.7 Å². The molecule has 6 rings (SSSR count). The Hall–Kier alpha value is -3.35. The Morgan fingerprint density at radius 1 is 0.900 bits per heavy atom. The molecule has 0 N–H and O–H groups in total. The minimum atomic E-state index is 0.547. The van der Waals surface area contributed by atoms with Gasteiger partial charge in [0.2, 0.25) is 0 Å². The molecule has 0 aromatic carbocycles. The van der Waals surface area contributed by atoms with E-state index in [1.165, 1.54) is 25.7 Å². The Labute approximate surface area is 174 Å². The second-order valence-electron chi connectivity index (χ2n) is 8.65. The van der Waals surface area contributed by atoms with Crippen LogP contribution < -0.4 is 4.90 Å². The fourth-order valence-electron chi connectivity index (χ4n) is 4.90. The Balaban J connectivity index is 1.35. The third-order valence-corrected chi connectivity index (χ3v) is 6.45. The Kier molecular flexibility index (Phi) is 3.84. The first-order chi connectivity index (χ1) is 14.7. The van der Waals surface area contributed by atoms with E-state index in [4.69, 9.17) is 4.98 Å². The molecule has 2 aliphatic rings. The minimum Gasteiger partial charge on any atom is -0.355 e. The van der Waals surface area contributed by atoms with Crippen molar-refractivity contribution >= 4 is 16.7 Å². The van der Waals surface area contributed by atoms with Crippen LogP contribution in [0.25, 0.3) is 28.1 Å². The van der Waals surface area contributed by atoms with Gasteiger partial charge in [0, 0.05) is 36.3 Å². The normalized spacial score (nSPS) is 17.6. The van der Waals surface area contributed by atoms with Crippen LogP contribution in [0.5, 0.6) is 0 Å². The van der Waals surface area contributed by atoms with Gasteiger partial charge < -0.3 is 4.90 Å². The van der Waals surface area contributed by atoms with Crippen LogP contribution in [-0.2, 0) is 0 Å². The standard InChI is InChI=1S/C23H23N7/c1-16-10-24-13-19(27-16)18-9-20-17(11-25-18)12-26-30(20)22-6-4-5-21(28-22)29-14-23(15-29)7-2-3-8-23/h4-6,9-13H,2-3,7-8,14-15H2,1H3. The molecule has 0 unspecified atom stereocenters. The first-order valence-corrected chi connectivity index (χ1v) is 10.5. The molecule has 5 heterocycles. The van der Waals surface area contributed by atoms with E-state index in [9.17, 15) is 0 Å². The molecule has 1 aliphatic carbocycles. The van der Waals surface area contributed by atoms with Crippen molar-refractivity contribution < 1.29 is 0 Å². The van der Waals surface area contributed by atoms with E-state index in [2.05, 4.69) is 37.1 Å². The highest BCUT2D eigenvalue weighted by Gasteiger charge is 2.45. The number of rotatable bonds is 3. The number of aryl methyl sites for hydroxylation is 1. The van der Waals surface area contributed by atoms with Crippen molar-refractivity contribution in [2.45, 2.75) is 32.6 Å². The molecule has 1 aliphatic heterocycles. The first kappa shape index (κ1) is 17.5. The number of aromatic nitrogens is 6. The summed E-state index contributed by atoms with van der Waals surface area (Å²) in [7, 11) is 0. The van der Waals surface area contributed by atoms with Crippen molar-refractivity contribution in [2.75, 3.05) is 18.0 Å². The van der Waals surface area contributed by atoms with E-state index in [0.717, 1.165) is 52.7 Å². The van der Waals surface area contributed by atoms with Gasteiger partial charge in [-0.1, -0.05) is 18.9 Å². The van der Waals surface area contributed by atoms with Crippen LogP contribution in [-0.4, -0.2) is 42.8 Å². The quantitative estimate of drug-likeness (QED) is 0.521. The molecule has 0 bridgehead atoms. The van der Waals surface area contributed by atoms with Crippen molar-refractivity contribution in [1.29, 1.82) is 0 Å². The zero-order chi connectivity index (χ0) is 20.1. The van der Waals surface area contributed by atoms with Gasteiger partial charge in [-0.25, -0.2) is 14.6 Å². The molecule has 150 valence electrons. The molecule has 7 nitrogen and oxygen atoms in total. The fourth-order valence-corrected chi connectivity index (χ4v) is 4.90. The van der Waals surface area contributed by atoms with Crippen LogP contribution in [0.4, 0.5) is 5.82 Å². The van der Waals surface area contributed by atoms with E-state index in [0.29, 0.717) is 5.41 Å². The summed E-state index contributed by atoms with van der Waals surface area (Å²) in [4.78, 5) is 20.7. The monoisotopic (exact) mass is 397 g/mol. The Morgan fingerprint density at radius 2 is 1.73 bits per heavy atom. The maximum atomic E-state index is 4.94. The molecule has 7 heteroatoms. The highest BCUT2D eigenvalue weighted by atomic mass is 15.3. The lowest BCUT2D eigenvalue weighted by Gasteiger charge is -2.49. The molecule has 0 radical (unpaired) electrons. The first-order valence-electron chi connectivity index (χ1n) is 10.5. The summed E-state index contributed by atoms with van der Waals surface area (Å²) in [6.45, 7) is 4.19. The highest BCUT2D eigenvalue weighted by Crippen LogP contribution is 2.46. The van der Waals surface area contributed by atoms with Crippen molar-refractivity contribution in [3.63, 3.8) is 0 Å². The van der Waals surface area contributed by atoms with Crippen LogP contribution >= 0.6 is 0 Å². The topological polar surface area (TPSA) is 72.6 Å². The summed E-state index contributed by atoms with van der Waals surface area (Å²) in [5.41, 5.74) is 3.91. The smallest absolute Gasteiger partial charge is 0.156 e. The van der Waals surface area contributed by atoms with Gasteiger partial charge in [-0.15, -0.1) is 0 Å². The average molecular weight is 397 g/mol. The summed E-state index contributed by atoms with van der Waals surface area (Å²) >= 11 is 0. The van der Waals surface area contributed by atoms with Gasteiger partial charge >= 0.3 is 0 Å². The number of anilines is 1. The third kappa shape index (κ3) is 2.84. The van der Waals surface area contributed by atoms with Crippen LogP contribution in [0.2, 0.25) is 0 Å². The lowest BCUT2D eigenvalue weighted by molar-refractivity contribution is 0.220. The maximum absolute atomic E-state index is 4.94. The second kappa shape index (κ2) is 6.58. The zero-order valence-electron chi connectivity index (χ0n) is 17.0. The van der Waals surface area contributed by atoms with E-state index in [1.54, 1.807) is 12.4 Å². The van der Waals surface area contributed by atoms with Crippen LogP contribution in [0, 0.1) is 12.3 Å². The molecule has 2 fully saturated rings. The molecule has 1 saturated carbocycles. The van der Waals surface area contributed by atoms with E-state index < -0.39 is 0 Å². The van der Waals surface area contributed by atoms with Gasteiger partial charge in [0.05, 0.1) is 29.3 Å². The summed E-state index contributed by atoms with van der Waals surface area (Å²) in [5.74, 6) is 1.86. The van der Waals surface area contributed by atoms with Crippen molar-refractivity contribution in [1.82, 2.24) is 29.7 Å². The number of hydrogen-bond acceptors (Lipinski definition) is 6. The highest BCUT2D eigenvalue weighted by molar-refractivity contribution is 5.82. The van der Waals surface area contributed by atoms with Crippen molar-refractivity contribution in [2.24, 2.45) is 5.41 Å².